The molecule has 0 radical (unpaired) electrons. The summed E-state index contributed by atoms with van der Waals surface area (Å²) in [6.07, 6.45) is 0. The van der Waals surface area contributed by atoms with Crippen LogP contribution in [0.1, 0.15) is 0 Å². The van der Waals surface area contributed by atoms with E-state index in [1.54, 1.807) is 0 Å². The van der Waals surface area contributed by atoms with Crippen molar-refractivity contribution in [3.05, 3.63) is 146 Å². The standard InChI is InChI=1S/C40H24N2S/c1-3-13-25(14-4-1)41-34-22-12-11-21-31(34)36-33-24-23-32-35-29-19-9-7-17-27(29)28-18-8-10-20-30(28)37(35)42(26-15-5-2-6-16-26)38(32)39(33)43-40(36)41/h1-24H. The van der Waals surface area contributed by atoms with Crippen molar-refractivity contribution in [1.82, 2.24) is 9.13 Å². The molecule has 7 aromatic carbocycles. The van der Waals surface area contributed by atoms with Crippen molar-refractivity contribution in [1.29, 1.82) is 0 Å². The molecule has 3 aromatic heterocycles. The fraction of sp³-hybridized carbons (Fsp3) is 0. The lowest BCUT2D eigenvalue weighted by Gasteiger charge is -2.12. The molecule has 0 saturated heterocycles. The highest BCUT2D eigenvalue weighted by Crippen LogP contribution is 2.49. The van der Waals surface area contributed by atoms with Crippen LogP contribution in [0.3, 0.4) is 0 Å². The van der Waals surface area contributed by atoms with Gasteiger partial charge in [0.1, 0.15) is 4.83 Å². The Bertz CT molecular complexity index is 2710. The summed E-state index contributed by atoms with van der Waals surface area (Å²) in [4.78, 5) is 1.29. The summed E-state index contributed by atoms with van der Waals surface area (Å²) < 4.78 is 6.30. The summed E-state index contributed by atoms with van der Waals surface area (Å²) in [6.45, 7) is 0. The minimum atomic E-state index is 1.18. The number of fused-ring (bicyclic) bond motifs is 14. The van der Waals surface area contributed by atoms with Gasteiger partial charge in [0.15, 0.2) is 0 Å². The van der Waals surface area contributed by atoms with Crippen LogP contribution in [0.2, 0.25) is 0 Å². The van der Waals surface area contributed by atoms with Gasteiger partial charge in [0.05, 0.1) is 21.3 Å². The summed E-state index contributed by atoms with van der Waals surface area (Å²) in [5.41, 5.74) is 6.18. The number of hydrogen-bond donors (Lipinski definition) is 0. The molecule has 0 atom stereocenters. The lowest BCUT2D eigenvalue weighted by Crippen LogP contribution is -1.94. The fourth-order valence-corrected chi connectivity index (χ4v) is 8.76. The van der Waals surface area contributed by atoms with Crippen LogP contribution in [0, 0.1) is 0 Å². The van der Waals surface area contributed by atoms with E-state index in [2.05, 4.69) is 155 Å². The van der Waals surface area contributed by atoms with Crippen molar-refractivity contribution in [2.45, 2.75) is 0 Å². The summed E-state index contributed by atoms with van der Waals surface area (Å²) in [5.74, 6) is 0. The minimum Gasteiger partial charge on any atom is -0.307 e. The van der Waals surface area contributed by atoms with Gasteiger partial charge >= 0.3 is 0 Å². The lowest BCUT2D eigenvalue weighted by molar-refractivity contribution is 1.19. The van der Waals surface area contributed by atoms with Gasteiger partial charge in [-0.05, 0) is 46.5 Å². The number of para-hydroxylation sites is 3. The van der Waals surface area contributed by atoms with Crippen LogP contribution in [0.5, 0.6) is 0 Å². The van der Waals surface area contributed by atoms with Gasteiger partial charge in [0.25, 0.3) is 0 Å². The third kappa shape index (κ3) is 3.02. The van der Waals surface area contributed by atoms with Gasteiger partial charge < -0.3 is 9.13 Å². The Morgan fingerprint density at radius 1 is 0.349 bits per heavy atom. The number of thiophene rings is 1. The first-order chi connectivity index (χ1) is 21.4. The number of rotatable bonds is 2. The van der Waals surface area contributed by atoms with Gasteiger partial charge in [-0.3, -0.25) is 0 Å². The fourth-order valence-electron chi connectivity index (χ4n) is 7.37. The van der Waals surface area contributed by atoms with E-state index in [0.717, 1.165) is 0 Å². The maximum absolute atomic E-state index is 2.53. The molecule has 2 nitrogen and oxygen atoms in total. The van der Waals surface area contributed by atoms with Crippen LogP contribution in [0.4, 0.5) is 0 Å². The predicted molar refractivity (Wildman–Crippen MR) is 186 cm³/mol. The minimum absolute atomic E-state index is 1.18. The average Bonchev–Trinajstić information content (AvgIpc) is 3.73. The number of hydrogen-bond acceptors (Lipinski definition) is 1. The SMILES string of the molecule is c1ccc(-n2c3ccccc3c3c4ccc5c6c7ccccc7c7ccccc7c6n(-c6ccccc6)c5c4sc32)cc1. The van der Waals surface area contributed by atoms with Crippen LogP contribution in [0.15, 0.2) is 146 Å². The zero-order valence-corrected chi connectivity index (χ0v) is 24.0. The maximum atomic E-state index is 2.53. The highest BCUT2D eigenvalue weighted by atomic mass is 32.1. The number of nitrogens with zero attached hydrogens (tertiary/aromatic N) is 2. The van der Waals surface area contributed by atoms with Gasteiger partial charge in [-0.25, -0.2) is 0 Å². The molecule has 0 aliphatic heterocycles. The topological polar surface area (TPSA) is 9.86 Å². The second-order valence-electron chi connectivity index (χ2n) is 11.3. The van der Waals surface area contributed by atoms with E-state index in [9.17, 15) is 0 Å². The van der Waals surface area contributed by atoms with E-state index in [4.69, 9.17) is 0 Å². The van der Waals surface area contributed by atoms with Crippen LogP contribution in [0.25, 0.3) is 85.9 Å². The molecule has 10 aromatic rings. The molecule has 0 unspecified atom stereocenters. The van der Waals surface area contributed by atoms with E-state index < -0.39 is 0 Å². The van der Waals surface area contributed by atoms with Gasteiger partial charge in [-0.2, -0.15) is 0 Å². The van der Waals surface area contributed by atoms with Crippen LogP contribution in [-0.4, -0.2) is 9.13 Å². The van der Waals surface area contributed by atoms with E-state index in [1.807, 2.05) is 11.3 Å². The lowest BCUT2D eigenvalue weighted by atomic mass is 9.96. The van der Waals surface area contributed by atoms with Crippen LogP contribution in [-0.2, 0) is 0 Å². The van der Waals surface area contributed by atoms with Crippen molar-refractivity contribution in [2.75, 3.05) is 0 Å². The highest BCUT2D eigenvalue weighted by molar-refractivity contribution is 7.26. The van der Waals surface area contributed by atoms with Crippen molar-refractivity contribution in [2.24, 2.45) is 0 Å². The average molecular weight is 565 g/mol. The van der Waals surface area contributed by atoms with Crippen molar-refractivity contribution < 1.29 is 0 Å². The highest BCUT2D eigenvalue weighted by Gasteiger charge is 2.24. The predicted octanol–water partition coefficient (Wildman–Crippen LogP) is 11.4. The van der Waals surface area contributed by atoms with Gasteiger partial charge in [-0.1, -0.05) is 115 Å². The second-order valence-corrected chi connectivity index (χ2v) is 12.3. The number of aromatic nitrogens is 2. The molecule has 0 bridgehead atoms. The molecule has 43 heavy (non-hydrogen) atoms. The maximum Gasteiger partial charge on any atom is 0.109 e. The largest absolute Gasteiger partial charge is 0.307 e. The molecule has 0 saturated carbocycles. The first kappa shape index (κ1) is 23.2. The molecule has 200 valence electrons. The van der Waals surface area contributed by atoms with Crippen molar-refractivity contribution in [3.63, 3.8) is 0 Å². The smallest absolute Gasteiger partial charge is 0.109 e. The first-order valence-corrected chi connectivity index (χ1v) is 15.5. The molecule has 0 aliphatic rings. The van der Waals surface area contributed by atoms with E-state index >= 15 is 0 Å². The van der Waals surface area contributed by atoms with E-state index in [0.29, 0.717) is 0 Å². The Morgan fingerprint density at radius 2 is 0.884 bits per heavy atom. The van der Waals surface area contributed by atoms with Crippen LogP contribution >= 0.6 is 11.3 Å². The quantitative estimate of drug-likeness (QED) is 0.185. The molecule has 0 fully saturated rings. The third-order valence-electron chi connectivity index (χ3n) is 9.08. The molecule has 0 N–H and O–H groups in total. The molecular weight excluding hydrogens is 541 g/mol. The molecule has 0 aliphatic carbocycles. The normalized spacial score (nSPS) is 12.2. The zero-order valence-electron chi connectivity index (χ0n) is 23.2. The summed E-state index contributed by atoms with van der Waals surface area (Å²) in [5, 5.41) is 11.7. The summed E-state index contributed by atoms with van der Waals surface area (Å²) in [6, 6.07) is 53.1. The monoisotopic (exact) mass is 564 g/mol. The van der Waals surface area contributed by atoms with Crippen molar-refractivity contribution in [3.8, 4) is 11.4 Å². The van der Waals surface area contributed by atoms with E-state index in [1.165, 1.54) is 85.9 Å². The molecule has 10 rings (SSSR count). The summed E-state index contributed by atoms with van der Waals surface area (Å²) >= 11 is 1.92. The Hall–Kier alpha value is -5.38. The Balaban J connectivity index is 1.50. The Labute approximate surface area is 251 Å². The molecule has 0 spiro atoms. The summed E-state index contributed by atoms with van der Waals surface area (Å²) in [7, 11) is 0. The van der Waals surface area contributed by atoms with E-state index in [-0.39, 0.29) is 0 Å². The second kappa shape index (κ2) is 8.57. The first-order valence-electron chi connectivity index (χ1n) is 14.7. The van der Waals surface area contributed by atoms with Crippen LogP contribution < -0.4 is 0 Å². The Morgan fingerprint density at radius 3 is 1.60 bits per heavy atom. The van der Waals surface area contributed by atoms with Gasteiger partial charge in [-0.15, -0.1) is 11.3 Å². The van der Waals surface area contributed by atoms with Gasteiger partial charge in [0, 0.05) is 43.7 Å². The third-order valence-corrected chi connectivity index (χ3v) is 10.3. The molecule has 3 heterocycles. The molecule has 0 amide bonds. The molecular formula is C40H24N2S. The Kier molecular flexibility index (Phi) is 4.63. The number of benzene rings is 7. The van der Waals surface area contributed by atoms with Gasteiger partial charge in [0.2, 0.25) is 0 Å². The zero-order chi connectivity index (χ0) is 28.1. The van der Waals surface area contributed by atoms with Crippen molar-refractivity contribution >= 4 is 85.9 Å². The molecule has 3 heteroatoms.